The third-order valence-electron chi connectivity index (χ3n) is 7.85. The highest BCUT2D eigenvalue weighted by Gasteiger charge is 2.47. The molecule has 6 rings (SSSR count). The number of benzene rings is 5. The molecule has 1 heterocycles. The van der Waals surface area contributed by atoms with E-state index < -0.39 is 7.26 Å². The summed E-state index contributed by atoms with van der Waals surface area (Å²) >= 11 is 0. The highest BCUT2D eigenvalue weighted by Crippen LogP contribution is 2.59. The lowest BCUT2D eigenvalue weighted by atomic mass is 9.96. The molecular weight excluding hydrogens is 604 g/mol. The molecule has 0 aliphatic rings. The van der Waals surface area contributed by atoms with Crippen molar-refractivity contribution in [2.24, 2.45) is 0 Å². The summed E-state index contributed by atoms with van der Waals surface area (Å²) in [6.45, 7) is 4.14. The Labute approximate surface area is 257 Å². The monoisotopic (exact) mass is 635 g/mol. The van der Waals surface area contributed by atoms with Gasteiger partial charge in [0, 0.05) is 17.0 Å². The van der Waals surface area contributed by atoms with Crippen LogP contribution in [0.5, 0.6) is 0 Å². The Morgan fingerprint density at radius 1 is 0.619 bits per heavy atom. The smallest absolute Gasteiger partial charge is 0.259 e. The van der Waals surface area contributed by atoms with Gasteiger partial charge < -0.3 is 21.5 Å². The molecule has 1 aromatic heterocycles. The molecule has 0 aliphatic carbocycles. The van der Waals surface area contributed by atoms with Gasteiger partial charge in [-0.25, -0.2) is 4.39 Å². The Morgan fingerprint density at radius 2 is 1.05 bits per heavy atom. The summed E-state index contributed by atoms with van der Waals surface area (Å²) in [6.07, 6.45) is 0.635. The van der Waals surface area contributed by atoms with Gasteiger partial charge >= 0.3 is 0 Å². The highest BCUT2D eigenvalue weighted by atomic mass is 79.9. The van der Waals surface area contributed by atoms with Gasteiger partial charge in [-0.3, -0.25) is 4.79 Å². The zero-order valence-electron chi connectivity index (χ0n) is 23.6. The van der Waals surface area contributed by atoms with E-state index in [1.54, 1.807) is 0 Å². The van der Waals surface area contributed by atoms with Crippen molar-refractivity contribution in [1.82, 2.24) is 4.57 Å². The number of fused-ring (bicyclic) bond motifs is 1. The SMILES string of the molecule is CC(C)n1c(C[P+](c2ccccc2)(c2ccccc2)c2ccccc2)c(-c2ccc(F)cc2)c2ccccc2c1=O.[Br-]. The van der Waals surface area contributed by atoms with E-state index in [2.05, 4.69) is 105 Å². The first-order valence-corrected chi connectivity index (χ1v) is 15.9. The molecule has 0 radical (unpaired) electrons. The van der Waals surface area contributed by atoms with Crippen LogP contribution in [0.2, 0.25) is 0 Å². The quantitative estimate of drug-likeness (QED) is 0.229. The predicted molar refractivity (Wildman–Crippen MR) is 173 cm³/mol. The molecular formula is C37H32BrFNOP. The van der Waals surface area contributed by atoms with Gasteiger partial charge in [-0.05, 0) is 79.4 Å². The Hall–Kier alpha value is -3.85. The van der Waals surface area contributed by atoms with Crippen LogP contribution in [0.3, 0.4) is 0 Å². The average Bonchev–Trinajstić information content (AvgIpc) is 3.02. The lowest BCUT2D eigenvalue weighted by Crippen LogP contribution is -3.00. The second kappa shape index (κ2) is 12.6. The third kappa shape index (κ3) is 5.26. The molecule has 0 saturated heterocycles. The molecule has 5 heteroatoms. The third-order valence-corrected chi connectivity index (χ3v) is 12.2. The molecule has 0 spiro atoms. The van der Waals surface area contributed by atoms with E-state index >= 15 is 0 Å². The molecule has 0 fully saturated rings. The van der Waals surface area contributed by atoms with E-state index in [4.69, 9.17) is 0 Å². The van der Waals surface area contributed by atoms with Crippen LogP contribution >= 0.6 is 7.26 Å². The van der Waals surface area contributed by atoms with E-state index in [-0.39, 0.29) is 34.4 Å². The van der Waals surface area contributed by atoms with Gasteiger partial charge in [0.2, 0.25) is 0 Å². The molecule has 5 aromatic carbocycles. The maximum absolute atomic E-state index is 14.2. The van der Waals surface area contributed by atoms with E-state index in [9.17, 15) is 9.18 Å². The molecule has 6 aromatic rings. The molecule has 0 bridgehead atoms. The topological polar surface area (TPSA) is 22.0 Å². The molecule has 0 saturated carbocycles. The van der Waals surface area contributed by atoms with Crippen molar-refractivity contribution in [2.75, 3.05) is 0 Å². The second-order valence-corrected chi connectivity index (χ2v) is 14.1. The van der Waals surface area contributed by atoms with Gasteiger partial charge in [0.05, 0.1) is 5.69 Å². The maximum atomic E-state index is 14.2. The predicted octanol–water partition coefficient (Wildman–Crippen LogP) is 4.89. The van der Waals surface area contributed by atoms with Crippen LogP contribution < -0.4 is 38.5 Å². The lowest BCUT2D eigenvalue weighted by Gasteiger charge is -2.31. The van der Waals surface area contributed by atoms with Crippen LogP contribution in [-0.4, -0.2) is 4.57 Å². The summed E-state index contributed by atoms with van der Waals surface area (Å²) in [6, 6.07) is 46.6. The van der Waals surface area contributed by atoms with E-state index in [0.717, 1.165) is 22.2 Å². The standard InChI is InChI=1S/C37H32FNOP.BrH/c1-27(2)39-35(36(28-22-24-29(38)25-23-28)33-20-12-13-21-34(33)37(39)40)26-41(30-14-6-3-7-15-30,31-16-8-4-9-17-31)32-18-10-5-11-19-32;/h3-25,27H,26H2,1-2H3;1H/q+1;/p-1. The van der Waals surface area contributed by atoms with Crippen LogP contribution in [0, 0.1) is 5.82 Å². The molecule has 0 amide bonds. The van der Waals surface area contributed by atoms with Crippen molar-refractivity contribution < 1.29 is 21.4 Å². The van der Waals surface area contributed by atoms with Crippen molar-refractivity contribution in [3.8, 4) is 11.1 Å². The van der Waals surface area contributed by atoms with E-state index in [0.29, 0.717) is 11.5 Å². The average molecular weight is 637 g/mol. The van der Waals surface area contributed by atoms with Crippen molar-refractivity contribution in [3.63, 3.8) is 0 Å². The molecule has 42 heavy (non-hydrogen) atoms. The Bertz CT molecular complexity index is 1760. The van der Waals surface area contributed by atoms with E-state index in [1.165, 1.54) is 28.0 Å². The van der Waals surface area contributed by atoms with Gasteiger partial charge in [0.1, 0.15) is 35.2 Å². The summed E-state index contributed by atoms with van der Waals surface area (Å²) in [5.74, 6) is -0.281. The van der Waals surface area contributed by atoms with Gasteiger partial charge in [-0.2, -0.15) is 0 Å². The zero-order chi connectivity index (χ0) is 28.4. The van der Waals surface area contributed by atoms with Crippen molar-refractivity contribution in [1.29, 1.82) is 0 Å². The minimum absolute atomic E-state index is 0. The van der Waals surface area contributed by atoms with Gasteiger partial charge in [0.25, 0.3) is 5.56 Å². The van der Waals surface area contributed by atoms with Crippen LogP contribution in [-0.2, 0) is 6.16 Å². The number of halogens is 2. The summed E-state index contributed by atoms with van der Waals surface area (Å²) in [4.78, 5) is 14.2. The Balaban J connectivity index is 0.00000353. The molecule has 0 N–H and O–H groups in total. The van der Waals surface area contributed by atoms with Crippen LogP contribution in [0.25, 0.3) is 21.9 Å². The number of rotatable bonds is 7. The van der Waals surface area contributed by atoms with Crippen LogP contribution in [0.15, 0.2) is 144 Å². The fourth-order valence-corrected chi connectivity index (χ4v) is 10.3. The molecule has 2 nitrogen and oxygen atoms in total. The first-order valence-electron chi connectivity index (χ1n) is 14.0. The first-order chi connectivity index (χ1) is 20.0. The van der Waals surface area contributed by atoms with E-state index in [1.807, 2.05) is 41.0 Å². The number of nitrogens with zero attached hydrogens (tertiary/aromatic N) is 1. The van der Waals surface area contributed by atoms with Crippen molar-refractivity contribution in [3.05, 3.63) is 161 Å². The summed E-state index contributed by atoms with van der Waals surface area (Å²) in [5.41, 5.74) is 2.87. The minimum Gasteiger partial charge on any atom is -1.00 e. The normalized spacial score (nSPS) is 11.4. The van der Waals surface area contributed by atoms with Gasteiger partial charge in [0.15, 0.2) is 0 Å². The van der Waals surface area contributed by atoms with Crippen molar-refractivity contribution in [2.45, 2.75) is 26.1 Å². The van der Waals surface area contributed by atoms with Crippen LogP contribution in [0.4, 0.5) is 4.39 Å². The summed E-state index contributed by atoms with van der Waals surface area (Å²) in [5, 5.41) is 5.31. The largest absolute Gasteiger partial charge is 1.00 e. The fraction of sp³-hybridized carbons (Fsp3) is 0.108. The van der Waals surface area contributed by atoms with Crippen molar-refractivity contribution >= 4 is 33.9 Å². The first kappa shape index (κ1) is 29.6. The number of hydrogen-bond acceptors (Lipinski definition) is 1. The number of hydrogen-bond donors (Lipinski definition) is 0. The summed E-state index contributed by atoms with van der Waals surface area (Å²) < 4.78 is 16.2. The van der Waals surface area contributed by atoms with Gasteiger partial charge in [-0.15, -0.1) is 0 Å². The highest BCUT2D eigenvalue weighted by molar-refractivity contribution is 7.95. The van der Waals surface area contributed by atoms with Crippen LogP contribution in [0.1, 0.15) is 25.6 Å². The zero-order valence-corrected chi connectivity index (χ0v) is 26.1. The number of aromatic nitrogens is 1. The Morgan fingerprint density at radius 3 is 1.50 bits per heavy atom. The summed E-state index contributed by atoms with van der Waals surface area (Å²) in [7, 11) is -2.33. The molecule has 210 valence electrons. The minimum atomic E-state index is -2.33. The number of pyridine rings is 1. The fourth-order valence-electron chi connectivity index (χ4n) is 6.05. The molecule has 0 unspecified atom stereocenters. The Kier molecular flexibility index (Phi) is 8.87. The molecule has 0 atom stereocenters. The molecule has 0 aliphatic heterocycles. The lowest BCUT2D eigenvalue weighted by molar-refractivity contribution is -0.00000881. The maximum Gasteiger partial charge on any atom is 0.259 e. The second-order valence-electron chi connectivity index (χ2n) is 10.6. The van der Waals surface area contributed by atoms with Gasteiger partial charge in [-0.1, -0.05) is 84.9 Å².